The second-order valence-electron chi connectivity index (χ2n) is 11.0. The number of para-hydroxylation sites is 1. The van der Waals surface area contributed by atoms with Gasteiger partial charge in [0.2, 0.25) is 0 Å². The predicted molar refractivity (Wildman–Crippen MR) is 163 cm³/mol. The van der Waals surface area contributed by atoms with Crippen LogP contribution in [0.15, 0.2) is 97.1 Å². The monoisotopic (exact) mass is 586 g/mol. The van der Waals surface area contributed by atoms with Crippen LogP contribution in [0.25, 0.3) is 6.08 Å². The minimum absolute atomic E-state index is 0.0920. The fourth-order valence-electron chi connectivity index (χ4n) is 7.29. The van der Waals surface area contributed by atoms with Gasteiger partial charge in [0.15, 0.2) is 17.3 Å². The van der Waals surface area contributed by atoms with Gasteiger partial charge in [0.1, 0.15) is 23.0 Å². The lowest BCUT2D eigenvalue weighted by Crippen LogP contribution is -2.48. The number of methoxy groups -OCH3 is 2. The minimum atomic E-state index is -1.76. The van der Waals surface area contributed by atoms with Crippen molar-refractivity contribution in [1.29, 1.82) is 0 Å². The lowest BCUT2D eigenvalue weighted by Gasteiger charge is -2.37. The number of fused-ring (bicyclic) bond motifs is 5. The molecule has 218 valence electrons. The number of Topliss-reactive ketones (excluding diaryl/α,β-unsaturated/α-hetero) is 3. The molecule has 4 aromatic rings. The van der Waals surface area contributed by atoms with Crippen LogP contribution in [0.5, 0.6) is 11.5 Å². The second-order valence-corrected chi connectivity index (χ2v) is 11.0. The van der Waals surface area contributed by atoms with Crippen molar-refractivity contribution in [2.75, 3.05) is 19.1 Å². The topological polar surface area (TPSA) is 116 Å². The molecule has 0 saturated carbocycles. The van der Waals surface area contributed by atoms with E-state index in [1.54, 1.807) is 42.5 Å². The summed E-state index contributed by atoms with van der Waals surface area (Å²) in [5.74, 6) is -1.48. The smallest absolute Gasteiger partial charge is 0.270 e. The van der Waals surface area contributed by atoms with Crippen molar-refractivity contribution in [3.05, 3.63) is 135 Å². The highest BCUT2D eigenvalue weighted by atomic mass is 16.6. The molecular weight excluding hydrogens is 560 g/mol. The van der Waals surface area contributed by atoms with Crippen molar-refractivity contribution >= 4 is 34.8 Å². The standard InChI is InChI=1S/C35H26N2O7/c1-43-23-15-16-28(44-2)26(19-23)30-31(32(38)21-9-7-10-22(18-21)37(41)42)36-27-13-6-3-8-20(27)14-17-29(36)35(30)33(39)24-11-4-5-12-25(24)34(35)40/h3-19,29-31H,1-2H3/t29-,30-,31+/m0/s1. The number of hydrogen-bond acceptors (Lipinski definition) is 8. The van der Waals surface area contributed by atoms with Crippen LogP contribution in [-0.4, -0.2) is 48.6 Å². The van der Waals surface area contributed by atoms with E-state index in [1.807, 2.05) is 41.3 Å². The molecule has 9 heteroatoms. The summed E-state index contributed by atoms with van der Waals surface area (Å²) in [6.45, 7) is 0. The number of ketones is 3. The van der Waals surface area contributed by atoms with E-state index < -0.39 is 34.1 Å². The van der Waals surface area contributed by atoms with Gasteiger partial charge in [-0.1, -0.05) is 66.7 Å². The molecule has 44 heavy (non-hydrogen) atoms. The largest absolute Gasteiger partial charge is 0.497 e. The summed E-state index contributed by atoms with van der Waals surface area (Å²) in [7, 11) is 2.99. The number of hydrogen-bond donors (Lipinski definition) is 0. The Balaban J connectivity index is 1.58. The Morgan fingerprint density at radius 1 is 0.864 bits per heavy atom. The molecule has 4 aromatic carbocycles. The molecule has 0 amide bonds. The van der Waals surface area contributed by atoms with Crippen molar-refractivity contribution in [1.82, 2.24) is 0 Å². The minimum Gasteiger partial charge on any atom is -0.497 e. The molecule has 1 fully saturated rings. The van der Waals surface area contributed by atoms with Crippen LogP contribution < -0.4 is 14.4 Å². The van der Waals surface area contributed by atoms with E-state index in [4.69, 9.17) is 9.47 Å². The molecule has 0 unspecified atom stereocenters. The van der Waals surface area contributed by atoms with Gasteiger partial charge in [-0.3, -0.25) is 24.5 Å². The molecular formula is C35H26N2O7. The quantitative estimate of drug-likeness (QED) is 0.118. The number of nitro benzene ring substituents is 1. The lowest BCUT2D eigenvalue weighted by atomic mass is 9.64. The maximum absolute atomic E-state index is 14.9. The number of anilines is 1. The molecule has 2 aliphatic heterocycles. The van der Waals surface area contributed by atoms with Crippen LogP contribution in [0.3, 0.4) is 0 Å². The summed E-state index contributed by atoms with van der Waals surface area (Å²) in [5, 5.41) is 11.7. The van der Waals surface area contributed by atoms with Gasteiger partial charge in [0.05, 0.1) is 25.2 Å². The van der Waals surface area contributed by atoms with Crippen molar-refractivity contribution in [2.24, 2.45) is 5.41 Å². The lowest BCUT2D eigenvalue weighted by molar-refractivity contribution is -0.384. The third kappa shape index (κ3) is 3.62. The molecule has 9 nitrogen and oxygen atoms in total. The fourth-order valence-corrected chi connectivity index (χ4v) is 7.29. The van der Waals surface area contributed by atoms with Crippen LogP contribution in [0.1, 0.15) is 48.1 Å². The van der Waals surface area contributed by atoms with Gasteiger partial charge < -0.3 is 14.4 Å². The number of nitro groups is 1. The molecule has 1 aliphatic carbocycles. The number of ether oxygens (including phenoxy) is 2. The van der Waals surface area contributed by atoms with E-state index in [9.17, 15) is 24.5 Å². The normalized spacial score (nSPS) is 20.7. The number of rotatable bonds is 6. The first-order chi connectivity index (χ1) is 21.3. The average molecular weight is 587 g/mol. The third-order valence-electron chi connectivity index (χ3n) is 9.10. The Kier molecular flexibility index (Phi) is 6.21. The molecule has 0 N–H and O–H groups in total. The first-order valence-corrected chi connectivity index (χ1v) is 14.1. The summed E-state index contributed by atoms with van der Waals surface area (Å²) in [4.78, 5) is 57.5. The van der Waals surface area contributed by atoms with Gasteiger partial charge >= 0.3 is 0 Å². The molecule has 7 rings (SSSR count). The Morgan fingerprint density at radius 3 is 2.25 bits per heavy atom. The average Bonchev–Trinajstić information content (AvgIpc) is 3.50. The van der Waals surface area contributed by atoms with Gasteiger partial charge in [-0.25, -0.2) is 0 Å². The van der Waals surface area contributed by atoms with Gasteiger partial charge in [-0.2, -0.15) is 0 Å². The number of carbonyl (C=O) groups excluding carboxylic acids is 3. The molecule has 1 saturated heterocycles. The highest BCUT2D eigenvalue weighted by molar-refractivity contribution is 6.32. The van der Waals surface area contributed by atoms with Crippen LogP contribution in [0, 0.1) is 15.5 Å². The number of nitrogens with zero attached hydrogens (tertiary/aromatic N) is 2. The van der Waals surface area contributed by atoms with Crippen molar-refractivity contribution in [3.8, 4) is 11.5 Å². The zero-order chi connectivity index (χ0) is 30.7. The van der Waals surface area contributed by atoms with Crippen LogP contribution >= 0.6 is 0 Å². The summed E-state index contributed by atoms with van der Waals surface area (Å²) >= 11 is 0. The fraction of sp³-hybridized carbons (Fsp3) is 0.171. The molecule has 0 radical (unpaired) electrons. The predicted octanol–water partition coefficient (Wildman–Crippen LogP) is 5.93. The van der Waals surface area contributed by atoms with E-state index in [0.717, 1.165) is 5.56 Å². The van der Waals surface area contributed by atoms with E-state index in [1.165, 1.54) is 38.5 Å². The first-order valence-electron chi connectivity index (χ1n) is 14.1. The molecule has 2 heterocycles. The second kappa shape index (κ2) is 10.0. The summed E-state index contributed by atoms with van der Waals surface area (Å²) in [6.07, 6.45) is 3.70. The first kappa shape index (κ1) is 27.3. The van der Waals surface area contributed by atoms with E-state index in [-0.39, 0.29) is 22.8 Å². The summed E-state index contributed by atoms with van der Waals surface area (Å²) in [6, 6.07) is 22.8. The van der Waals surface area contributed by atoms with Crippen molar-refractivity contribution in [2.45, 2.75) is 18.0 Å². The molecule has 1 spiro atoms. The van der Waals surface area contributed by atoms with Crippen molar-refractivity contribution in [3.63, 3.8) is 0 Å². The van der Waals surface area contributed by atoms with Gasteiger partial charge in [0, 0.05) is 46.0 Å². The zero-order valence-electron chi connectivity index (χ0n) is 23.8. The number of non-ortho nitro benzene ring substituents is 1. The molecule has 3 aliphatic rings. The Morgan fingerprint density at radius 2 is 1.57 bits per heavy atom. The summed E-state index contributed by atoms with van der Waals surface area (Å²) in [5.41, 5.74) is 0.609. The molecule has 3 atom stereocenters. The zero-order valence-corrected chi connectivity index (χ0v) is 23.8. The van der Waals surface area contributed by atoms with Crippen LogP contribution in [0.4, 0.5) is 11.4 Å². The third-order valence-corrected chi connectivity index (χ3v) is 9.10. The molecule has 0 bridgehead atoms. The highest BCUT2D eigenvalue weighted by Gasteiger charge is 2.72. The Hall–Kier alpha value is -5.57. The van der Waals surface area contributed by atoms with E-state index in [0.29, 0.717) is 33.9 Å². The SMILES string of the molecule is COc1ccc(OC)c([C@H]2[C@H](C(=O)c3cccc([N+](=O)[O-])c3)N3c4ccccc4C=C[C@H]3C23C(=O)c2ccccc2C3=O)c1. The Labute approximate surface area is 252 Å². The number of benzene rings is 4. The van der Waals surface area contributed by atoms with E-state index >= 15 is 0 Å². The van der Waals surface area contributed by atoms with Gasteiger partial charge in [0.25, 0.3) is 5.69 Å². The van der Waals surface area contributed by atoms with Gasteiger partial charge in [-0.15, -0.1) is 0 Å². The summed E-state index contributed by atoms with van der Waals surface area (Å²) < 4.78 is 11.4. The maximum Gasteiger partial charge on any atom is 0.270 e. The Bertz CT molecular complexity index is 1890. The highest BCUT2D eigenvalue weighted by Crippen LogP contribution is 2.62. The maximum atomic E-state index is 14.9. The van der Waals surface area contributed by atoms with Crippen LogP contribution in [0.2, 0.25) is 0 Å². The number of carbonyl (C=O) groups is 3. The van der Waals surface area contributed by atoms with E-state index in [2.05, 4.69) is 0 Å². The van der Waals surface area contributed by atoms with Crippen molar-refractivity contribution < 1.29 is 28.8 Å². The van der Waals surface area contributed by atoms with Crippen LogP contribution in [-0.2, 0) is 0 Å². The molecule has 0 aromatic heterocycles. The van der Waals surface area contributed by atoms with Gasteiger partial charge in [-0.05, 0) is 29.8 Å².